The van der Waals surface area contributed by atoms with Gasteiger partial charge in [-0.15, -0.1) is 0 Å². The Kier molecular flexibility index (Phi) is 4.66. The molecule has 1 aromatic carbocycles. The highest BCUT2D eigenvalue weighted by atomic mass is 79.9. The molecule has 0 spiro atoms. The summed E-state index contributed by atoms with van der Waals surface area (Å²) < 4.78 is 1.35. The first-order valence-electron chi connectivity index (χ1n) is 5.82. The maximum Gasteiger partial charge on any atom is 0.326 e. The van der Waals surface area contributed by atoms with Gasteiger partial charge in [-0.2, -0.15) is 0 Å². The highest BCUT2D eigenvalue weighted by molar-refractivity contribution is 9.11. The number of hydrogen-bond acceptors (Lipinski definition) is 3. The summed E-state index contributed by atoms with van der Waals surface area (Å²) in [6.45, 7) is 0.00483. The second kappa shape index (κ2) is 6.11. The number of likely N-dealkylation sites (tertiary alicyclic amines) is 1. The van der Waals surface area contributed by atoms with Crippen LogP contribution in [0.5, 0.6) is 0 Å². The van der Waals surface area contributed by atoms with Gasteiger partial charge in [-0.05, 0) is 44.0 Å². The molecule has 2 rings (SSSR count). The number of halogens is 2. The Hall–Kier alpha value is -1.12. The number of aliphatic hydroxyl groups is 1. The molecule has 1 aliphatic rings. The predicted molar refractivity (Wildman–Crippen MR) is 79.6 cm³/mol. The van der Waals surface area contributed by atoms with E-state index in [2.05, 4.69) is 37.2 Å². The molecule has 0 bridgehead atoms. The molecule has 0 radical (unpaired) electrons. The van der Waals surface area contributed by atoms with Gasteiger partial charge in [0.25, 0.3) is 0 Å². The number of amides is 2. The van der Waals surface area contributed by atoms with Crippen molar-refractivity contribution in [2.45, 2.75) is 18.6 Å². The summed E-state index contributed by atoms with van der Waals surface area (Å²) in [7, 11) is 0. The lowest BCUT2D eigenvalue weighted by molar-refractivity contribution is -0.141. The van der Waals surface area contributed by atoms with Crippen molar-refractivity contribution in [1.82, 2.24) is 4.90 Å². The van der Waals surface area contributed by atoms with Crippen LogP contribution in [0.15, 0.2) is 27.1 Å². The van der Waals surface area contributed by atoms with Gasteiger partial charge in [-0.3, -0.25) is 0 Å². The molecular formula is C12H12Br2N2O4. The molecule has 108 valence electrons. The molecule has 1 heterocycles. The molecule has 8 heteroatoms. The molecule has 0 aromatic heterocycles. The summed E-state index contributed by atoms with van der Waals surface area (Å²) in [5, 5.41) is 21.3. The van der Waals surface area contributed by atoms with Crippen LogP contribution in [0.4, 0.5) is 10.5 Å². The Balaban J connectivity index is 2.18. The summed E-state index contributed by atoms with van der Waals surface area (Å²) in [6, 6.07) is 3.75. The fourth-order valence-corrected chi connectivity index (χ4v) is 3.27. The number of hydrogen-bond donors (Lipinski definition) is 3. The molecule has 0 saturated carbocycles. The van der Waals surface area contributed by atoms with Gasteiger partial charge in [0.1, 0.15) is 6.04 Å². The predicted octanol–water partition coefficient (Wildman–Crippen LogP) is 2.26. The maximum absolute atomic E-state index is 12.2. The van der Waals surface area contributed by atoms with E-state index in [1.54, 1.807) is 18.2 Å². The SMILES string of the molecule is O=C(O)[C@@H]1CC(O)CN1C(=O)Nc1c(Br)cccc1Br. The molecular weight excluding hydrogens is 396 g/mol. The zero-order chi connectivity index (χ0) is 14.9. The fraction of sp³-hybridized carbons (Fsp3) is 0.333. The van der Waals surface area contributed by atoms with Crippen LogP contribution >= 0.6 is 31.9 Å². The van der Waals surface area contributed by atoms with E-state index in [1.807, 2.05) is 0 Å². The average Bonchev–Trinajstić information content (AvgIpc) is 2.76. The lowest BCUT2D eigenvalue weighted by Gasteiger charge is -2.22. The van der Waals surface area contributed by atoms with E-state index < -0.39 is 24.1 Å². The van der Waals surface area contributed by atoms with Gasteiger partial charge in [0.2, 0.25) is 0 Å². The minimum absolute atomic E-state index is 0.00483. The molecule has 0 aliphatic carbocycles. The highest BCUT2D eigenvalue weighted by Crippen LogP contribution is 2.31. The van der Waals surface area contributed by atoms with Crippen molar-refractivity contribution in [3.05, 3.63) is 27.1 Å². The third kappa shape index (κ3) is 3.13. The molecule has 2 atom stereocenters. The van der Waals surface area contributed by atoms with Crippen molar-refractivity contribution in [2.75, 3.05) is 11.9 Å². The number of carbonyl (C=O) groups is 2. The molecule has 1 unspecified atom stereocenters. The lowest BCUT2D eigenvalue weighted by atomic mass is 10.2. The fourth-order valence-electron chi connectivity index (χ4n) is 2.07. The van der Waals surface area contributed by atoms with Crippen LogP contribution in [-0.2, 0) is 4.79 Å². The van der Waals surface area contributed by atoms with Gasteiger partial charge in [0, 0.05) is 21.9 Å². The molecule has 20 heavy (non-hydrogen) atoms. The second-order valence-corrected chi connectivity index (χ2v) is 6.13. The van der Waals surface area contributed by atoms with Crippen molar-refractivity contribution in [1.29, 1.82) is 0 Å². The van der Waals surface area contributed by atoms with Gasteiger partial charge in [0.05, 0.1) is 11.8 Å². The Morgan fingerprint density at radius 2 is 1.90 bits per heavy atom. The number of carbonyl (C=O) groups excluding carboxylic acids is 1. The van der Waals surface area contributed by atoms with Crippen molar-refractivity contribution < 1.29 is 19.8 Å². The van der Waals surface area contributed by atoms with Gasteiger partial charge in [-0.25, -0.2) is 9.59 Å². The topological polar surface area (TPSA) is 89.9 Å². The molecule has 3 N–H and O–H groups in total. The van der Waals surface area contributed by atoms with Crippen LogP contribution in [0.1, 0.15) is 6.42 Å². The summed E-state index contributed by atoms with van der Waals surface area (Å²) in [4.78, 5) is 24.4. The number of nitrogens with one attached hydrogen (secondary N) is 1. The molecule has 1 saturated heterocycles. The summed E-state index contributed by atoms with van der Waals surface area (Å²) in [5.74, 6) is -1.12. The average molecular weight is 408 g/mol. The highest BCUT2D eigenvalue weighted by Gasteiger charge is 2.39. The number of β-amino-alcohol motifs (C(OH)–C–C–N with tert-alkyl or cyclic N) is 1. The van der Waals surface area contributed by atoms with Crippen molar-refractivity contribution in [3.63, 3.8) is 0 Å². The first-order valence-corrected chi connectivity index (χ1v) is 7.41. The molecule has 1 fully saturated rings. The number of anilines is 1. The molecule has 1 aliphatic heterocycles. The zero-order valence-corrected chi connectivity index (χ0v) is 13.4. The summed E-state index contributed by atoms with van der Waals surface area (Å²) in [5.41, 5.74) is 0.517. The monoisotopic (exact) mass is 406 g/mol. The van der Waals surface area contributed by atoms with Crippen molar-refractivity contribution in [2.24, 2.45) is 0 Å². The first kappa shape index (κ1) is 15.3. The van der Waals surface area contributed by atoms with Crippen LogP contribution in [0.2, 0.25) is 0 Å². The van der Waals surface area contributed by atoms with E-state index in [0.29, 0.717) is 14.6 Å². The normalized spacial score (nSPS) is 21.9. The van der Waals surface area contributed by atoms with Crippen molar-refractivity contribution >= 4 is 49.5 Å². The Bertz CT molecular complexity index is 532. The molecule has 2 amide bonds. The number of carboxylic acids is 1. The summed E-state index contributed by atoms with van der Waals surface area (Å²) >= 11 is 6.62. The number of para-hydroxylation sites is 1. The van der Waals surface area contributed by atoms with Gasteiger partial charge in [0.15, 0.2) is 0 Å². The van der Waals surface area contributed by atoms with Gasteiger partial charge >= 0.3 is 12.0 Å². The van der Waals surface area contributed by atoms with Crippen LogP contribution in [0.25, 0.3) is 0 Å². The van der Waals surface area contributed by atoms with Crippen LogP contribution < -0.4 is 5.32 Å². The molecule has 6 nitrogen and oxygen atoms in total. The van der Waals surface area contributed by atoms with E-state index in [4.69, 9.17) is 5.11 Å². The minimum Gasteiger partial charge on any atom is -0.480 e. The number of benzene rings is 1. The molecule has 1 aromatic rings. The Labute approximate surface area is 132 Å². The largest absolute Gasteiger partial charge is 0.480 e. The number of urea groups is 1. The quantitative estimate of drug-likeness (QED) is 0.701. The third-order valence-corrected chi connectivity index (χ3v) is 4.34. The first-order chi connectivity index (χ1) is 9.40. The third-order valence-electron chi connectivity index (χ3n) is 3.02. The van der Waals surface area contributed by atoms with Crippen LogP contribution in [0, 0.1) is 0 Å². The van der Waals surface area contributed by atoms with E-state index in [-0.39, 0.29) is 13.0 Å². The number of aliphatic carboxylic acids is 1. The standard InChI is InChI=1S/C12H12Br2N2O4/c13-7-2-1-3-8(14)10(7)15-12(20)16-5-6(17)4-9(16)11(18)19/h1-3,6,9,17H,4-5H2,(H,15,20)(H,18,19)/t6?,9-/m0/s1. The van der Waals surface area contributed by atoms with E-state index >= 15 is 0 Å². The number of aliphatic hydroxyl groups excluding tert-OH is 1. The Morgan fingerprint density at radius 1 is 1.30 bits per heavy atom. The van der Waals surface area contributed by atoms with Crippen LogP contribution in [0.3, 0.4) is 0 Å². The number of nitrogens with zero attached hydrogens (tertiary/aromatic N) is 1. The Morgan fingerprint density at radius 3 is 2.45 bits per heavy atom. The maximum atomic E-state index is 12.2. The number of carboxylic acid groups (broad SMARTS) is 1. The van der Waals surface area contributed by atoms with Crippen LogP contribution in [-0.4, -0.2) is 45.8 Å². The smallest absolute Gasteiger partial charge is 0.326 e. The van der Waals surface area contributed by atoms with E-state index in [1.165, 1.54) is 0 Å². The zero-order valence-electron chi connectivity index (χ0n) is 10.2. The van der Waals surface area contributed by atoms with E-state index in [9.17, 15) is 14.7 Å². The van der Waals surface area contributed by atoms with Gasteiger partial charge < -0.3 is 20.4 Å². The lowest BCUT2D eigenvalue weighted by Crippen LogP contribution is -2.43. The van der Waals surface area contributed by atoms with Gasteiger partial charge in [-0.1, -0.05) is 6.07 Å². The number of rotatable bonds is 2. The minimum atomic E-state index is -1.12. The van der Waals surface area contributed by atoms with Crippen molar-refractivity contribution in [3.8, 4) is 0 Å². The van der Waals surface area contributed by atoms with E-state index in [0.717, 1.165) is 4.90 Å². The second-order valence-electron chi connectivity index (χ2n) is 4.42. The summed E-state index contributed by atoms with van der Waals surface area (Å²) in [6.07, 6.45) is -0.774.